The minimum absolute atomic E-state index is 0.0296. The van der Waals surface area contributed by atoms with Crippen molar-refractivity contribution in [2.24, 2.45) is 5.92 Å². The van der Waals surface area contributed by atoms with Crippen LogP contribution in [-0.2, 0) is 16.0 Å². The number of fused-ring (bicyclic) bond motifs is 1. The van der Waals surface area contributed by atoms with Gasteiger partial charge in [0.2, 0.25) is 11.8 Å². The minimum Gasteiger partial charge on any atom is -0.341 e. The topological polar surface area (TPSA) is 52.7 Å². The van der Waals surface area contributed by atoms with Crippen LogP contribution in [-0.4, -0.2) is 47.8 Å². The second kappa shape index (κ2) is 9.37. The van der Waals surface area contributed by atoms with Crippen molar-refractivity contribution >= 4 is 29.1 Å². The molecule has 5 nitrogen and oxygen atoms in total. The Hall–Kier alpha value is -2.44. The molecule has 2 aromatic carbocycles. The first-order chi connectivity index (χ1) is 14.9. The van der Waals surface area contributed by atoms with E-state index in [2.05, 4.69) is 18.3 Å². The van der Waals surface area contributed by atoms with Crippen molar-refractivity contribution in [3.8, 4) is 0 Å². The van der Waals surface area contributed by atoms with Crippen LogP contribution in [0.2, 0.25) is 5.02 Å². The highest BCUT2D eigenvalue weighted by molar-refractivity contribution is 6.33. The summed E-state index contributed by atoms with van der Waals surface area (Å²) in [5.41, 5.74) is 2.35. The van der Waals surface area contributed by atoms with Crippen LogP contribution in [0.3, 0.4) is 0 Å². The summed E-state index contributed by atoms with van der Waals surface area (Å²) in [7, 11) is 0. The number of benzene rings is 2. The Kier molecular flexibility index (Phi) is 6.58. The first-order valence-corrected chi connectivity index (χ1v) is 11.2. The number of carbonyl (C=O) groups excluding carboxylic acids is 2. The first kappa shape index (κ1) is 21.8. The Morgan fingerprint density at radius 3 is 2.65 bits per heavy atom. The molecule has 0 spiro atoms. The molecule has 2 heterocycles. The smallest absolute Gasteiger partial charge is 0.244 e. The molecule has 164 valence electrons. The third kappa shape index (κ3) is 4.91. The van der Waals surface area contributed by atoms with E-state index in [0.717, 1.165) is 43.5 Å². The number of halogens is 2. The van der Waals surface area contributed by atoms with Crippen molar-refractivity contribution < 1.29 is 14.0 Å². The van der Waals surface area contributed by atoms with Crippen molar-refractivity contribution in [1.82, 2.24) is 9.80 Å². The Morgan fingerprint density at radius 2 is 1.87 bits per heavy atom. The molecule has 2 aliphatic rings. The molecule has 0 aliphatic carbocycles. The lowest BCUT2D eigenvalue weighted by molar-refractivity contribution is -0.139. The van der Waals surface area contributed by atoms with E-state index < -0.39 is 11.9 Å². The van der Waals surface area contributed by atoms with Crippen LogP contribution in [0.1, 0.15) is 36.9 Å². The minimum atomic E-state index is -0.493. The zero-order valence-electron chi connectivity index (χ0n) is 17.6. The Balaban J connectivity index is 1.54. The van der Waals surface area contributed by atoms with Crippen LogP contribution in [0.5, 0.6) is 0 Å². The van der Waals surface area contributed by atoms with Crippen LogP contribution in [0.4, 0.5) is 10.1 Å². The van der Waals surface area contributed by atoms with Gasteiger partial charge in [-0.15, -0.1) is 0 Å². The van der Waals surface area contributed by atoms with E-state index in [1.54, 1.807) is 0 Å². The van der Waals surface area contributed by atoms with Crippen LogP contribution in [0, 0.1) is 11.7 Å². The summed E-state index contributed by atoms with van der Waals surface area (Å²) in [5.74, 6) is -0.118. The largest absolute Gasteiger partial charge is 0.341 e. The zero-order valence-corrected chi connectivity index (χ0v) is 18.4. The zero-order chi connectivity index (χ0) is 22.0. The van der Waals surface area contributed by atoms with Gasteiger partial charge in [-0.1, -0.05) is 42.8 Å². The summed E-state index contributed by atoms with van der Waals surface area (Å²) in [6.45, 7) is 4.34. The maximum atomic E-state index is 13.6. The molecule has 0 unspecified atom stereocenters. The molecule has 2 amide bonds. The maximum Gasteiger partial charge on any atom is 0.244 e. The van der Waals surface area contributed by atoms with E-state index in [9.17, 15) is 14.0 Å². The van der Waals surface area contributed by atoms with Crippen molar-refractivity contribution in [1.29, 1.82) is 0 Å². The highest BCUT2D eigenvalue weighted by Crippen LogP contribution is 2.32. The standard InChI is InChI=1S/C24H27ClFN3O2/c1-16-8-11-28(12-9-16)24(31)23-19-5-3-2-4-17(19)10-13-29(23)15-22(30)27-21-14-18(26)6-7-20(21)25/h2-7,14,16,23H,8-13,15H2,1H3,(H,27,30)/t23-/m0/s1. The summed E-state index contributed by atoms with van der Waals surface area (Å²) >= 11 is 6.09. The van der Waals surface area contributed by atoms with Crippen molar-refractivity contribution in [2.45, 2.75) is 32.2 Å². The van der Waals surface area contributed by atoms with Gasteiger partial charge in [-0.25, -0.2) is 4.39 Å². The molecule has 4 rings (SSSR count). The molecular weight excluding hydrogens is 417 g/mol. The molecular formula is C24H27ClFN3O2. The van der Waals surface area contributed by atoms with E-state index >= 15 is 0 Å². The summed E-state index contributed by atoms with van der Waals surface area (Å²) < 4.78 is 13.6. The number of nitrogens with one attached hydrogen (secondary N) is 1. The second-order valence-corrected chi connectivity index (χ2v) is 8.91. The predicted octanol–water partition coefficient (Wildman–Crippen LogP) is 4.28. The monoisotopic (exact) mass is 443 g/mol. The van der Waals surface area contributed by atoms with E-state index in [-0.39, 0.29) is 29.1 Å². The molecule has 0 aromatic heterocycles. The molecule has 0 radical (unpaired) electrons. The second-order valence-electron chi connectivity index (χ2n) is 8.50. The van der Waals surface area contributed by atoms with Gasteiger partial charge in [0.25, 0.3) is 0 Å². The fourth-order valence-electron chi connectivity index (χ4n) is 4.45. The van der Waals surface area contributed by atoms with Crippen LogP contribution >= 0.6 is 11.6 Å². The van der Waals surface area contributed by atoms with Gasteiger partial charge >= 0.3 is 0 Å². The van der Waals surface area contributed by atoms with Gasteiger partial charge in [0.05, 0.1) is 17.3 Å². The van der Waals surface area contributed by atoms with Crippen molar-refractivity contribution in [2.75, 3.05) is 31.5 Å². The first-order valence-electron chi connectivity index (χ1n) is 10.8. The van der Waals surface area contributed by atoms with Crippen molar-refractivity contribution in [3.63, 3.8) is 0 Å². The molecule has 2 aliphatic heterocycles. The van der Waals surface area contributed by atoms with Gasteiger partial charge in [-0.2, -0.15) is 0 Å². The summed E-state index contributed by atoms with van der Waals surface area (Å²) in [6.07, 6.45) is 2.77. The Bertz CT molecular complexity index is 975. The number of hydrogen-bond donors (Lipinski definition) is 1. The number of anilines is 1. The van der Waals surface area contributed by atoms with E-state index in [4.69, 9.17) is 11.6 Å². The van der Waals surface area contributed by atoms with Gasteiger partial charge < -0.3 is 10.2 Å². The Morgan fingerprint density at radius 1 is 1.13 bits per heavy atom. The summed E-state index contributed by atoms with van der Waals surface area (Å²) in [6, 6.07) is 11.3. The van der Waals surface area contributed by atoms with Gasteiger partial charge in [0.1, 0.15) is 11.9 Å². The molecule has 1 fully saturated rings. The number of piperidine rings is 1. The summed E-state index contributed by atoms with van der Waals surface area (Å²) in [5, 5.41) is 2.96. The normalized spacial score (nSPS) is 19.7. The van der Waals surface area contributed by atoms with Gasteiger partial charge in [-0.3, -0.25) is 14.5 Å². The Labute approximate surface area is 187 Å². The van der Waals surface area contributed by atoms with E-state index in [0.29, 0.717) is 12.5 Å². The van der Waals surface area contributed by atoms with Crippen LogP contribution in [0.25, 0.3) is 0 Å². The molecule has 1 atom stereocenters. The molecule has 0 saturated carbocycles. The quantitative estimate of drug-likeness (QED) is 0.767. The number of rotatable bonds is 4. The van der Waals surface area contributed by atoms with Crippen LogP contribution in [0.15, 0.2) is 42.5 Å². The van der Waals surface area contributed by atoms with Gasteiger partial charge in [-0.05, 0) is 54.5 Å². The lowest BCUT2D eigenvalue weighted by atomic mass is 9.90. The number of amides is 2. The molecule has 1 saturated heterocycles. The fourth-order valence-corrected chi connectivity index (χ4v) is 4.61. The van der Waals surface area contributed by atoms with Gasteiger partial charge in [0.15, 0.2) is 0 Å². The SMILES string of the molecule is CC1CCN(C(=O)[C@@H]2c3ccccc3CCN2CC(=O)Nc2cc(F)ccc2Cl)CC1. The number of likely N-dealkylation sites (tertiary alicyclic amines) is 1. The maximum absolute atomic E-state index is 13.6. The van der Waals surface area contributed by atoms with E-state index in [1.807, 2.05) is 28.0 Å². The third-order valence-electron chi connectivity index (χ3n) is 6.26. The molecule has 2 aromatic rings. The number of carbonyl (C=O) groups is 2. The number of nitrogens with zero attached hydrogens (tertiary/aromatic N) is 2. The molecule has 31 heavy (non-hydrogen) atoms. The molecule has 7 heteroatoms. The molecule has 1 N–H and O–H groups in total. The predicted molar refractivity (Wildman–Crippen MR) is 119 cm³/mol. The molecule has 0 bridgehead atoms. The lowest BCUT2D eigenvalue weighted by Gasteiger charge is -2.40. The highest BCUT2D eigenvalue weighted by Gasteiger charge is 2.37. The van der Waals surface area contributed by atoms with Crippen molar-refractivity contribution in [3.05, 3.63) is 64.4 Å². The van der Waals surface area contributed by atoms with E-state index in [1.165, 1.54) is 18.2 Å². The third-order valence-corrected chi connectivity index (χ3v) is 6.59. The number of hydrogen-bond acceptors (Lipinski definition) is 3. The lowest BCUT2D eigenvalue weighted by Crippen LogP contribution is -2.50. The highest BCUT2D eigenvalue weighted by atomic mass is 35.5. The average molecular weight is 444 g/mol. The van der Waals surface area contributed by atoms with Crippen LogP contribution < -0.4 is 5.32 Å². The van der Waals surface area contributed by atoms with Gasteiger partial charge in [0, 0.05) is 19.6 Å². The average Bonchev–Trinajstić information content (AvgIpc) is 2.76. The summed E-state index contributed by atoms with van der Waals surface area (Å²) in [4.78, 5) is 30.2. The fraction of sp³-hybridized carbons (Fsp3) is 0.417.